The first-order valence-electron chi connectivity index (χ1n) is 4.15. The van der Waals surface area contributed by atoms with Crippen LogP contribution in [0.1, 0.15) is 6.42 Å². The Morgan fingerprint density at radius 3 is 2.64 bits per heavy atom. The number of carbonyl (C=O) groups excluding carboxylic acids is 1. The molecule has 5 nitrogen and oxygen atoms in total. The maximum atomic E-state index is 10.4. The summed E-state index contributed by atoms with van der Waals surface area (Å²) in [5.74, 6) is 0.111. The molecule has 0 unspecified atom stereocenters. The van der Waals surface area contributed by atoms with Gasteiger partial charge in [-0.25, -0.2) is 0 Å². The van der Waals surface area contributed by atoms with Gasteiger partial charge in [0.15, 0.2) is 0 Å². The molecule has 0 bridgehead atoms. The molecule has 1 rings (SSSR count). The maximum Gasteiger partial charge on any atom is 0.220 e. The summed E-state index contributed by atoms with van der Waals surface area (Å²) in [6.07, 6.45) is 0.170. The molecule has 5 heteroatoms. The summed E-state index contributed by atoms with van der Waals surface area (Å²) in [7, 11) is 0. The van der Waals surface area contributed by atoms with Gasteiger partial charge in [-0.15, -0.1) is 0 Å². The number of hydrogen-bond donors (Lipinski definition) is 3. The summed E-state index contributed by atoms with van der Waals surface area (Å²) in [6, 6.07) is 4.93. The summed E-state index contributed by atoms with van der Waals surface area (Å²) in [5.41, 5.74) is 17.1. The van der Waals surface area contributed by atoms with Crippen LogP contribution in [0.4, 0.5) is 11.4 Å². The van der Waals surface area contributed by atoms with Crippen LogP contribution in [0.5, 0.6) is 5.75 Å². The Kier molecular flexibility index (Phi) is 3.17. The SMILES string of the molecule is NC(=O)CCOc1ccc(N)cc1N. The van der Waals surface area contributed by atoms with Crippen molar-refractivity contribution in [1.29, 1.82) is 0 Å². The van der Waals surface area contributed by atoms with Crippen molar-refractivity contribution in [2.24, 2.45) is 5.73 Å². The van der Waals surface area contributed by atoms with E-state index >= 15 is 0 Å². The van der Waals surface area contributed by atoms with E-state index in [4.69, 9.17) is 21.9 Å². The summed E-state index contributed by atoms with van der Waals surface area (Å²) in [5, 5.41) is 0. The highest BCUT2D eigenvalue weighted by Gasteiger charge is 2.01. The standard InChI is InChI=1S/C9H13N3O2/c10-6-1-2-8(7(11)5-6)14-4-3-9(12)13/h1-2,5H,3-4,10-11H2,(H2,12,13). The number of hydrogen-bond acceptors (Lipinski definition) is 4. The van der Waals surface area contributed by atoms with Gasteiger partial charge >= 0.3 is 0 Å². The number of primary amides is 1. The maximum absolute atomic E-state index is 10.4. The first-order chi connectivity index (χ1) is 6.59. The molecule has 0 aliphatic rings. The van der Waals surface area contributed by atoms with Crippen molar-refractivity contribution in [2.45, 2.75) is 6.42 Å². The third-order valence-corrected chi connectivity index (χ3v) is 1.64. The molecule has 0 atom stereocenters. The molecule has 1 aromatic carbocycles. The van der Waals surface area contributed by atoms with E-state index < -0.39 is 5.91 Å². The average molecular weight is 195 g/mol. The van der Waals surface area contributed by atoms with E-state index in [1.165, 1.54) is 0 Å². The Labute approximate surface area is 81.8 Å². The zero-order valence-electron chi connectivity index (χ0n) is 7.69. The van der Waals surface area contributed by atoms with Gasteiger partial charge in [-0.3, -0.25) is 4.79 Å². The molecular weight excluding hydrogens is 182 g/mol. The zero-order chi connectivity index (χ0) is 10.6. The molecule has 14 heavy (non-hydrogen) atoms. The molecule has 0 fully saturated rings. The van der Waals surface area contributed by atoms with E-state index in [0.29, 0.717) is 17.1 Å². The Bertz CT molecular complexity index is 339. The molecule has 0 aromatic heterocycles. The zero-order valence-corrected chi connectivity index (χ0v) is 7.69. The van der Waals surface area contributed by atoms with Gasteiger partial charge in [0, 0.05) is 5.69 Å². The van der Waals surface area contributed by atoms with E-state index in [-0.39, 0.29) is 13.0 Å². The molecule has 1 aromatic rings. The normalized spacial score (nSPS) is 9.71. The summed E-state index contributed by atoms with van der Waals surface area (Å²) < 4.78 is 5.22. The highest BCUT2D eigenvalue weighted by molar-refractivity contribution is 5.73. The number of anilines is 2. The quantitative estimate of drug-likeness (QED) is 0.593. The summed E-state index contributed by atoms with van der Waals surface area (Å²) in [6.45, 7) is 0.226. The third kappa shape index (κ3) is 2.85. The van der Waals surface area contributed by atoms with Crippen LogP contribution >= 0.6 is 0 Å². The van der Waals surface area contributed by atoms with Crippen molar-refractivity contribution >= 4 is 17.3 Å². The van der Waals surface area contributed by atoms with E-state index in [0.717, 1.165) is 0 Å². The highest BCUT2D eigenvalue weighted by atomic mass is 16.5. The number of ether oxygens (including phenoxy) is 1. The van der Waals surface area contributed by atoms with Crippen LogP contribution in [0, 0.1) is 0 Å². The Morgan fingerprint density at radius 1 is 1.36 bits per heavy atom. The van der Waals surface area contributed by atoms with Crippen molar-refractivity contribution < 1.29 is 9.53 Å². The lowest BCUT2D eigenvalue weighted by atomic mass is 10.2. The Balaban J connectivity index is 2.55. The van der Waals surface area contributed by atoms with E-state index in [9.17, 15) is 4.79 Å². The third-order valence-electron chi connectivity index (χ3n) is 1.64. The van der Waals surface area contributed by atoms with Crippen molar-refractivity contribution in [1.82, 2.24) is 0 Å². The molecule has 1 amide bonds. The second-order valence-electron chi connectivity index (χ2n) is 2.86. The fourth-order valence-electron chi connectivity index (χ4n) is 0.960. The fourth-order valence-corrected chi connectivity index (χ4v) is 0.960. The molecule has 0 aliphatic heterocycles. The Morgan fingerprint density at radius 2 is 2.07 bits per heavy atom. The largest absolute Gasteiger partial charge is 0.491 e. The minimum Gasteiger partial charge on any atom is -0.491 e. The lowest BCUT2D eigenvalue weighted by Crippen LogP contribution is -2.14. The molecular formula is C9H13N3O2. The van der Waals surface area contributed by atoms with Crippen LogP contribution in [0.2, 0.25) is 0 Å². The topological polar surface area (TPSA) is 104 Å². The van der Waals surface area contributed by atoms with Crippen molar-refractivity contribution in [3.8, 4) is 5.75 Å². The van der Waals surface area contributed by atoms with Crippen LogP contribution < -0.4 is 21.9 Å². The van der Waals surface area contributed by atoms with Crippen LogP contribution in [0.3, 0.4) is 0 Å². The molecule has 6 N–H and O–H groups in total. The fraction of sp³-hybridized carbons (Fsp3) is 0.222. The van der Waals surface area contributed by atoms with Gasteiger partial charge < -0.3 is 21.9 Å². The van der Waals surface area contributed by atoms with Gasteiger partial charge in [-0.1, -0.05) is 0 Å². The smallest absolute Gasteiger partial charge is 0.220 e. The van der Waals surface area contributed by atoms with Crippen LogP contribution in [-0.4, -0.2) is 12.5 Å². The molecule has 0 aliphatic carbocycles. The van der Waals surface area contributed by atoms with E-state index in [1.54, 1.807) is 18.2 Å². The molecule has 0 heterocycles. The minimum atomic E-state index is -0.404. The molecule has 0 radical (unpaired) electrons. The van der Waals surface area contributed by atoms with Crippen molar-refractivity contribution in [2.75, 3.05) is 18.1 Å². The number of amides is 1. The monoisotopic (exact) mass is 195 g/mol. The van der Waals surface area contributed by atoms with Crippen LogP contribution in [-0.2, 0) is 4.79 Å². The predicted molar refractivity (Wildman–Crippen MR) is 54.6 cm³/mol. The number of nitrogens with two attached hydrogens (primary N) is 3. The van der Waals surface area contributed by atoms with Gasteiger partial charge in [0.25, 0.3) is 0 Å². The molecule has 0 saturated heterocycles. The number of carbonyl (C=O) groups is 1. The second kappa shape index (κ2) is 4.36. The lowest BCUT2D eigenvalue weighted by Gasteiger charge is -2.07. The second-order valence-corrected chi connectivity index (χ2v) is 2.86. The molecule has 76 valence electrons. The molecule has 0 spiro atoms. The predicted octanol–water partition coefficient (Wildman–Crippen LogP) is 0.105. The van der Waals surface area contributed by atoms with Crippen molar-refractivity contribution in [3.05, 3.63) is 18.2 Å². The first-order valence-corrected chi connectivity index (χ1v) is 4.15. The van der Waals surface area contributed by atoms with E-state index in [2.05, 4.69) is 0 Å². The first kappa shape index (κ1) is 10.2. The number of nitrogen functional groups attached to an aromatic ring is 2. The van der Waals surface area contributed by atoms with Gasteiger partial charge in [0.05, 0.1) is 18.7 Å². The summed E-state index contributed by atoms with van der Waals surface area (Å²) in [4.78, 5) is 10.4. The van der Waals surface area contributed by atoms with Crippen molar-refractivity contribution in [3.63, 3.8) is 0 Å². The Hall–Kier alpha value is -1.91. The van der Waals surface area contributed by atoms with Crippen LogP contribution in [0.15, 0.2) is 18.2 Å². The van der Waals surface area contributed by atoms with E-state index in [1.807, 2.05) is 0 Å². The highest BCUT2D eigenvalue weighted by Crippen LogP contribution is 2.23. The lowest BCUT2D eigenvalue weighted by molar-refractivity contribution is -0.118. The van der Waals surface area contributed by atoms with Gasteiger partial charge in [0.2, 0.25) is 5.91 Å². The minimum absolute atomic E-state index is 0.170. The number of rotatable bonds is 4. The summed E-state index contributed by atoms with van der Waals surface area (Å²) >= 11 is 0. The molecule has 0 saturated carbocycles. The number of benzene rings is 1. The van der Waals surface area contributed by atoms with Gasteiger partial charge in [0.1, 0.15) is 5.75 Å². The van der Waals surface area contributed by atoms with Crippen LogP contribution in [0.25, 0.3) is 0 Å². The average Bonchev–Trinajstić information content (AvgIpc) is 2.08. The van der Waals surface area contributed by atoms with Gasteiger partial charge in [-0.2, -0.15) is 0 Å². The van der Waals surface area contributed by atoms with Gasteiger partial charge in [-0.05, 0) is 18.2 Å².